The fourth-order valence-electron chi connectivity index (χ4n) is 3.90. The second kappa shape index (κ2) is 7.50. The number of rotatable bonds is 6. The number of nitrogens with one attached hydrogen (secondary N) is 2. The van der Waals surface area contributed by atoms with Crippen LogP contribution in [-0.4, -0.2) is 57.0 Å². The minimum atomic E-state index is -0.856. The van der Waals surface area contributed by atoms with Crippen LogP contribution in [0.3, 0.4) is 0 Å². The Balaban J connectivity index is 1.78. The molecule has 4 N–H and O–H groups in total. The van der Waals surface area contributed by atoms with Gasteiger partial charge in [-0.05, 0) is 19.3 Å². The number of imidazole rings is 1. The SMILES string of the molecule is C[C@]1(C(=O)N[C@@H](Cc2cnc[nH]2)C(=O)N2CCC[C@H]2C(N)=O)CCC(=O)C1. The minimum Gasteiger partial charge on any atom is -0.368 e. The highest BCUT2D eigenvalue weighted by Gasteiger charge is 2.43. The van der Waals surface area contributed by atoms with Crippen LogP contribution in [-0.2, 0) is 25.6 Å². The van der Waals surface area contributed by atoms with Crippen LogP contribution in [0.25, 0.3) is 0 Å². The number of carbonyl (C=O) groups is 4. The molecule has 9 nitrogen and oxygen atoms in total. The lowest BCUT2D eigenvalue weighted by atomic mass is 9.87. The third kappa shape index (κ3) is 4.01. The Morgan fingerprint density at radius 2 is 2.26 bits per heavy atom. The largest absolute Gasteiger partial charge is 0.368 e. The van der Waals surface area contributed by atoms with Crippen molar-refractivity contribution >= 4 is 23.5 Å². The molecule has 0 bridgehead atoms. The number of primary amides is 1. The van der Waals surface area contributed by atoms with Crippen molar-refractivity contribution in [2.24, 2.45) is 11.1 Å². The van der Waals surface area contributed by atoms with E-state index in [4.69, 9.17) is 5.73 Å². The normalized spacial score (nSPS) is 26.2. The molecule has 9 heteroatoms. The molecule has 0 aromatic carbocycles. The van der Waals surface area contributed by atoms with Crippen LogP contribution in [0.1, 0.15) is 44.7 Å². The van der Waals surface area contributed by atoms with E-state index in [1.165, 1.54) is 11.2 Å². The van der Waals surface area contributed by atoms with Crippen LogP contribution in [0.2, 0.25) is 0 Å². The number of Topliss-reactive ketones (excluding diaryl/α,β-unsaturated/α-hetero) is 1. The molecule has 0 unspecified atom stereocenters. The summed E-state index contributed by atoms with van der Waals surface area (Å²) in [6.45, 7) is 2.17. The summed E-state index contributed by atoms with van der Waals surface area (Å²) in [5, 5.41) is 2.81. The van der Waals surface area contributed by atoms with E-state index < -0.39 is 23.4 Å². The van der Waals surface area contributed by atoms with Crippen LogP contribution in [0.5, 0.6) is 0 Å². The van der Waals surface area contributed by atoms with Gasteiger partial charge in [0, 0.05) is 37.7 Å². The lowest BCUT2D eigenvalue weighted by molar-refractivity contribution is -0.142. The van der Waals surface area contributed by atoms with Gasteiger partial charge in [-0.25, -0.2) is 4.98 Å². The van der Waals surface area contributed by atoms with E-state index in [0.717, 1.165) is 0 Å². The highest BCUT2D eigenvalue weighted by atomic mass is 16.2. The molecular weight excluding hydrogens is 350 g/mol. The van der Waals surface area contributed by atoms with Gasteiger partial charge in [-0.15, -0.1) is 0 Å². The number of H-pyrrole nitrogens is 1. The molecule has 1 aromatic rings. The van der Waals surface area contributed by atoms with Crippen molar-refractivity contribution in [2.75, 3.05) is 6.54 Å². The molecular formula is C18H25N5O4. The van der Waals surface area contributed by atoms with Crippen LogP contribution < -0.4 is 11.1 Å². The van der Waals surface area contributed by atoms with E-state index in [0.29, 0.717) is 37.9 Å². The zero-order valence-electron chi connectivity index (χ0n) is 15.4. The summed E-state index contributed by atoms with van der Waals surface area (Å²) >= 11 is 0. The predicted molar refractivity (Wildman–Crippen MR) is 95.1 cm³/mol. The van der Waals surface area contributed by atoms with Crippen molar-refractivity contribution in [1.82, 2.24) is 20.2 Å². The minimum absolute atomic E-state index is 0.0532. The fraction of sp³-hybridized carbons (Fsp3) is 0.611. The van der Waals surface area contributed by atoms with Gasteiger partial charge in [0.2, 0.25) is 17.7 Å². The summed E-state index contributed by atoms with van der Waals surface area (Å²) in [4.78, 5) is 57.6. The number of nitrogens with zero attached hydrogens (tertiary/aromatic N) is 2. The van der Waals surface area contributed by atoms with Crippen molar-refractivity contribution in [3.63, 3.8) is 0 Å². The number of aromatic amines is 1. The van der Waals surface area contributed by atoms with Crippen LogP contribution >= 0.6 is 0 Å². The van der Waals surface area contributed by atoms with E-state index in [-0.39, 0.29) is 30.4 Å². The summed E-state index contributed by atoms with van der Waals surface area (Å²) in [5.41, 5.74) is 5.31. The highest BCUT2D eigenvalue weighted by Crippen LogP contribution is 2.35. The molecule has 1 aliphatic carbocycles. The summed E-state index contributed by atoms with van der Waals surface area (Å²) in [5.74, 6) is -1.15. The molecule has 1 saturated carbocycles. The maximum atomic E-state index is 13.1. The number of nitrogens with two attached hydrogens (primary N) is 1. The molecule has 27 heavy (non-hydrogen) atoms. The molecule has 2 fully saturated rings. The molecule has 0 spiro atoms. The predicted octanol–water partition coefficient (Wildman–Crippen LogP) is -0.327. The molecule has 2 aliphatic rings. The number of hydrogen-bond acceptors (Lipinski definition) is 5. The van der Waals surface area contributed by atoms with E-state index in [1.54, 1.807) is 13.1 Å². The molecule has 3 amide bonds. The first-order valence-electron chi connectivity index (χ1n) is 9.20. The van der Waals surface area contributed by atoms with Gasteiger partial charge in [0.05, 0.1) is 11.7 Å². The first kappa shape index (κ1) is 19.1. The second-order valence-corrected chi connectivity index (χ2v) is 7.68. The second-order valence-electron chi connectivity index (χ2n) is 7.68. The van der Waals surface area contributed by atoms with Gasteiger partial charge >= 0.3 is 0 Å². The molecule has 2 heterocycles. The molecule has 146 valence electrons. The summed E-state index contributed by atoms with van der Waals surface area (Å²) in [6.07, 6.45) is 5.54. The van der Waals surface area contributed by atoms with E-state index in [9.17, 15) is 19.2 Å². The van der Waals surface area contributed by atoms with Gasteiger partial charge in [0.25, 0.3) is 0 Å². The quantitative estimate of drug-likeness (QED) is 0.625. The van der Waals surface area contributed by atoms with Gasteiger partial charge in [0.15, 0.2) is 0 Å². The van der Waals surface area contributed by atoms with Gasteiger partial charge in [-0.1, -0.05) is 6.92 Å². The zero-order chi connectivity index (χ0) is 19.6. The van der Waals surface area contributed by atoms with Crippen molar-refractivity contribution in [3.8, 4) is 0 Å². The highest BCUT2D eigenvalue weighted by molar-refractivity contribution is 5.96. The van der Waals surface area contributed by atoms with Crippen molar-refractivity contribution < 1.29 is 19.2 Å². The number of aromatic nitrogens is 2. The third-order valence-electron chi connectivity index (χ3n) is 5.54. The smallest absolute Gasteiger partial charge is 0.246 e. The van der Waals surface area contributed by atoms with Crippen LogP contribution in [0.4, 0.5) is 0 Å². The Morgan fingerprint density at radius 3 is 2.85 bits per heavy atom. The van der Waals surface area contributed by atoms with E-state index >= 15 is 0 Å². The van der Waals surface area contributed by atoms with Crippen molar-refractivity contribution in [2.45, 2.75) is 57.5 Å². The maximum absolute atomic E-state index is 13.1. The number of carbonyl (C=O) groups excluding carboxylic acids is 4. The number of amides is 3. The molecule has 3 rings (SSSR count). The number of ketones is 1. The van der Waals surface area contributed by atoms with Crippen molar-refractivity contribution in [3.05, 3.63) is 18.2 Å². The Kier molecular flexibility index (Phi) is 5.29. The Labute approximate surface area is 157 Å². The molecule has 1 aliphatic heterocycles. The zero-order valence-corrected chi connectivity index (χ0v) is 15.4. The van der Waals surface area contributed by atoms with Gasteiger partial charge in [-0.3, -0.25) is 19.2 Å². The Morgan fingerprint density at radius 1 is 1.48 bits per heavy atom. The van der Waals surface area contributed by atoms with Gasteiger partial charge in [0.1, 0.15) is 17.9 Å². The average molecular weight is 375 g/mol. The summed E-state index contributed by atoms with van der Waals surface area (Å²) < 4.78 is 0. The molecule has 1 aromatic heterocycles. The van der Waals surface area contributed by atoms with Crippen LogP contribution in [0, 0.1) is 5.41 Å². The summed E-state index contributed by atoms with van der Waals surface area (Å²) in [7, 11) is 0. The van der Waals surface area contributed by atoms with Gasteiger partial charge in [-0.2, -0.15) is 0 Å². The molecule has 0 radical (unpaired) electrons. The maximum Gasteiger partial charge on any atom is 0.246 e. The first-order chi connectivity index (χ1) is 12.8. The summed E-state index contributed by atoms with van der Waals surface area (Å²) in [6, 6.07) is -1.51. The Hall–Kier alpha value is -2.71. The molecule has 1 saturated heterocycles. The van der Waals surface area contributed by atoms with Gasteiger partial charge < -0.3 is 20.9 Å². The third-order valence-corrected chi connectivity index (χ3v) is 5.54. The standard InChI is InChI=1S/C18H25N5O4/c1-18(5-4-12(24)8-18)17(27)22-13(7-11-9-20-10-21-11)16(26)23-6-2-3-14(23)15(19)25/h9-10,13-14H,2-8H2,1H3,(H2,19,25)(H,20,21)(H,22,27)/t13-,14-,18-/m0/s1. The lowest BCUT2D eigenvalue weighted by Crippen LogP contribution is -2.55. The first-order valence-corrected chi connectivity index (χ1v) is 9.20. The monoisotopic (exact) mass is 375 g/mol. The van der Waals surface area contributed by atoms with Crippen LogP contribution in [0.15, 0.2) is 12.5 Å². The average Bonchev–Trinajstić information content (AvgIpc) is 3.35. The fourth-order valence-corrected chi connectivity index (χ4v) is 3.90. The van der Waals surface area contributed by atoms with E-state index in [2.05, 4.69) is 15.3 Å². The molecule has 3 atom stereocenters. The number of likely N-dealkylation sites (tertiary alicyclic amines) is 1. The topological polar surface area (TPSA) is 138 Å². The van der Waals surface area contributed by atoms with Crippen molar-refractivity contribution in [1.29, 1.82) is 0 Å². The lowest BCUT2D eigenvalue weighted by Gasteiger charge is -2.30. The van der Waals surface area contributed by atoms with E-state index in [1.807, 2.05) is 0 Å². The number of hydrogen-bond donors (Lipinski definition) is 3. The Bertz CT molecular complexity index is 747.